The Morgan fingerprint density at radius 2 is 1.18 bits per heavy atom. The van der Waals surface area contributed by atoms with Crippen LogP contribution in [0.15, 0.2) is 109 Å². The van der Waals surface area contributed by atoms with E-state index in [2.05, 4.69) is 0 Å². The second-order valence-corrected chi connectivity index (χ2v) is 9.57. The van der Waals surface area contributed by atoms with Crippen LogP contribution in [0.5, 0.6) is 11.5 Å². The zero-order chi connectivity index (χ0) is 27.2. The molecule has 7 heteroatoms. The van der Waals surface area contributed by atoms with Crippen LogP contribution in [0.2, 0.25) is 0 Å². The van der Waals surface area contributed by atoms with E-state index in [-0.39, 0.29) is 16.9 Å². The lowest BCUT2D eigenvalue weighted by Crippen LogP contribution is -2.23. The minimum atomic E-state index is -0.944. The van der Waals surface area contributed by atoms with E-state index in [1.807, 2.05) is 67.6 Å². The Balaban J connectivity index is 1.41. The summed E-state index contributed by atoms with van der Waals surface area (Å²) in [5, 5.41) is 9.60. The van der Waals surface area contributed by atoms with E-state index in [0.717, 1.165) is 0 Å². The highest BCUT2D eigenvalue weighted by atomic mass is 16.6. The average molecular weight is 525 g/mol. The fourth-order valence-electron chi connectivity index (χ4n) is 3.99. The summed E-state index contributed by atoms with van der Waals surface area (Å²) in [6, 6.07) is 30.7. The van der Waals surface area contributed by atoms with Crippen molar-refractivity contribution in [3.05, 3.63) is 131 Å². The summed E-state index contributed by atoms with van der Waals surface area (Å²) in [7, 11) is 0. The molecule has 39 heavy (non-hydrogen) atoms. The van der Waals surface area contributed by atoms with Crippen LogP contribution in [0, 0.1) is 0 Å². The maximum absolute atomic E-state index is 13.3. The highest BCUT2D eigenvalue weighted by Gasteiger charge is 2.40. The molecule has 1 heterocycles. The molecule has 4 aromatic carbocycles. The molecular weight excluding hydrogens is 496 g/mol. The van der Waals surface area contributed by atoms with Crippen LogP contribution in [0.4, 0.5) is 0 Å². The standard InChI is InChI=1S/C32H28O7/c1-32(21-37-32)20-36-27-18-14-25(15-19-27)31(35)39-29(23-10-6-3-7-11-23)28(22-8-4-2-5-9-22)38-30(34)24-12-16-26(33)17-13-24/h2-19,28-29,33H,20-21H2,1H3. The molecule has 1 N–H and O–H groups in total. The number of benzene rings is 4. The first-order valence-corrected chi connectivity index (χ1v) is 12.6. The quantitative estimate of drug-likeness (QED) is 0.199. The zero-order valence-corrected chi connectivity index (χ0v) is 21.4. The molecule has 1 saturated heterocycles. The highest BCUT2D eigenvalue weighted by Crippen LogP contribution is 2.37. The third-order valence-electron chi connectivity index (χ3n) is 6.37. The third-order valence-corrected chi connectivity index (χ3v) is 6.37. The van der Waals surface area contributed by atoms with Crippen molar-refractivity contribution in [3.8, 4) is 11.5 Å². The van der Waals surface area contributed by atoms with Crippen molar-refractivity contribution in [2.75, 3.05) is 13.2 Å². The molecule has 7 nitrogen and oxygen atoms in total. The van der Waals surface area contributed by atoms with Gasteiger partial charge in [0.05, 0.1) is 17.7 Å². The van der Waals surface area contributed by atoms with E-state index in [9.17, 15) is 14.7 Å². The van der Waals surface area contributed by atoms with Crippen molar-refractivity contribution in [3.63, 3.8) is 0 Å². The third kappa shape index (κ3) is 6.64. The topological polar surface area (TPSA) is 94.6 Å². The predicted molar refractivity (Wildman–Crippen MR) is 144 cm³/mol. The van der Waals surface area contributed by atoms with Crippen molar-refractivity contribution >= 4 is 11.9 Å². The van der Waals surface area contributed by atoms with Crippen molar-refractivity contribution in [2.45, 2.75) is 24.7 Å². The van der Waals surface area contributed by atoms with Crippen LogP contribution in [-0.2, 0) is 14.2 Å². The first-order chi connectivity index (χ1) is 18.9. The van der Waals surface area contributed by atoms with Gasteiger partial charge >= 0.3 is 11.9 Å². The van der Waals surface area contributed by atoms with Gasteiger partial charge in [-0.15, -0.1) is 0 Å². The maximum Gasteiger partial charge on any atom is 0.338 e. The lowest BCUT2D eigenvalue weighted by molar-refractivity contribution is -0.0388. The largest absolute Gasteiger partial charge is 0.508 e. The SMILES string of the molecule is CC1(COc2ccc(C(=O)OC(c3ccccc3)C(OC(=O)c3ccc(O)cc3)c3ccccc3)cc2)CO1. The molecule has 1 fully saturated rings. The molecule has 3 unspecified atom stereocenters. The molecule has 0 bridgehead atoms. The lowest BCUT2D eigenvalue weighted by Gasteiger charge is -2.28. The summed E-state index contributed by atoms with van der Waals surface area (Å²) in [6.07, 6.45) is -1.88. The van der Waals surface area contributed by atoms with E-state index in [1.54, 1.807) is 24.3 Å². The summed E-state index contributed by atoms with van der Waals surface area (Å²) in [6.45, 7) is 3.07. The summed E-state index contributed by atoms with van der Waals surface area (Å²) in [4.78, 5) is 26.5. The average Bonchev–Trinajstić information content (AvgIpc) is 3.72. The van der Waals surface area contributed by atoms with E-state index < -0.39 is 24.1 Å². The minimum absolute atomic E-state index is 0.0359. The molecule has 0 radical (unpaired) electrons. The summed E-state index contributed by atoms with van der Waals surface area (Å²) < 4.78 is 23.1. The van der Waals surface area contributed by atoms with Gasteiger partial charge < -0.3 is 24.1 Å². The van der Waals surface area contributed by atoms with E-state index in [4.69, 9.17) is 18.9 Å². The number of phenolic OH excluding ortho intramolecular Hbond substituents is 1. The number of ether oxygens (including phenoxy) is 4. The van der Waals surface area contributed by atoms with Crippen molar-refractivity contribution in [2.24, 2.45) is 0 Å². The van der Waals surface area contributed by atoms with E-state index in [0.29, 0.717) is 35.7 Å². The number of esters is 2. The zero-order valence-electron chi connectivity index (χ0n) is 21.4. The van der Waals surface area contributed by atoms with E-state index >= 15 is 0 Å². The summed E-state index contributed by atoms with van der Waals surface area (Å²) in [5.41, 5.74) is 1.66. The fourth-order valence-corrected chi connectivity index (χ4v) is 3.99. The van der Waals surface area contributed by atoms with Gasteiger partial charge in [-0.1, -0.05) is 60.7 Å². The molecule has 198 valence electrons. The van der Waals surface area contributed by atoms with Gasteiger partial charge in [0.2, 0.25) is 0 Å². The Bertz CT molecular complexity index is 1400. The second kappa shape index (κ2) is 11.4. The lowest BCUT2D eigenvalue weighted by atomic mass is 9.97. The number of carbonyl (C=O) groups excluding carboxylic acids is 2. The Labute approximate surface area is 226 Å². The van der Waals surface area contributed by atoms with Crippen LogP contribution in [0.1, 0.15) is 51.0 Å². The number of carbonyl (C=O) groups is 2. The van der Waals surface area contributed by atoms with Crippen LogP contribution < -0.4 is 4.74 Å². The molecule has 1 aliphatic rings. The molecule has 5 rings (SSSR count). The number of aromatic hydroxyl groups is 1. The number of phenols is 1. The number of epoxide rings is 1. The Hall–Kier alpha value is -4.62. The van der Waals surface area contributed by atoms with Gasteiger partial charge in [-0.2, -0.15) is 0 Å². The van der Waals surface area contributed by atoms with Gasteiger partial charge in [-0.25, -0.2) is 9.59 Å². The molecule has 0 aromatic heterocycles. The van der Waals surface area contributed by atoms with Crippen LogP contribution in [0.3, 0.4) is 0 Å². The Morgan fingerprint density at radius 1 is 0.744 bits per heavy atom. The van der Waals surface area contributed by atoms with Gasteiger partial charge in [-0.3, -0.25) is 0 Å². The van der Waals surface area contributed by atoms with Crippen molar-refractivity contribution < 1.29 is 33.6 Å². The molecule has 3 atom stereocenters. The molecule has 0 aliphatic carbocycles. The fraction of sp³-hybridized carbons (Fsp3) is 0.188. The Morgan fingerprint density at radius 3 is 1.62 bits per heavy atom. The molecule has 0 spiro atoms. The summed E-state index contributed by atoms with van der Waals surface area (Å²) >= 11 is 0. The molecule has 0 saturated carbocycles. The first kappa shape index (κ1) is 26.0. The van der Waals surface area contributed by atoms with Crippen LogP contribution in [-0.4, -0.2) is 35.9 Å². The predicted octanol–water partition coefficient (Wildman–Crippen LogP) is 6.06. The van der Waals surface area contributed by atoms with E-state index in [1.165, 1.54) is 24.3 Å². The second-order valence-electron chi connectivity index (χ2n) is 9.57. The summed E-state index contributed by atoms with van der Waals surface area (Å²) in [5.74, 6) is -0.535. The Kier molecular flexibility index (Phi) is 7.61. The van der Waals surface area contributed by atoms with Gasteiger partial charge in [-0.05, 0) is 66.6 Å². The van der Waals surface area contributed by atoms with Crippen LogP contribution >= 0.6 is 0 Å². The molecule has 1 aliphatic heterocycles. The van der Waals surface area contributed by atoms with Crippen molar-refractivity contribution in [1.29, 1.82) is 0 Å². The molecule has 0 amide bonds. The maximum atomic E-state index is 13.3. The van der Waals surface area contributed by atoms with Crippen molar-refractivity contribution in [1.82, 2.24) is 0 Å². The molecular formula is C32H28O7. The molecule has 4 aromatic rings. The van der Waals surface area contributed by atoms with Gasteiger partial charge in [0, 0.05) is 0 Å². The minimum Gasteiger partial charge on any atom is -0.508 e. The van der Waals surface area contributed by atoms with Crippen LogP contribution in [0.25, 0.3) is 0 Å². The van der Waals surface area contributed by atoms with Gasteiger partial charge in [0.25, 0.3) is 0 Å². The van der Waals surface area contributed by atoms with Gasteiger partial charge in [0.1, 0.15) is 23.7 Å². The normalized spacial score (nSPS) is 17.5. The number of hydrogen-bond acceptors (Lipinski definition) is 7. The first-order valence-electron chi connectivity index (χ1n) is 12.6. The van der Waals surface area contributed by atoms with Gasteiger partial charge in [0.15, 0.2) is 12.2 Å². The highest BCUT2D eigenvalue weighted by molar-refractivity contribution is 5.90. The monoisotopic (exact) mass is 524 g/mol. The smallest absolute Gasteiger partial charge is 0.338 e. The number of hydrogen-bond donors (Lipinski definition) is 1. The number of rotatable bonds is 10.